The maximum absolute atomic E-state index is 14.1. The van der Waals surface area contributed by atoms with Gasteiger partial charge in [0.25, 0.3) is 5.91 Å². The molecule has 0 saturated carbocycles. The van der Waals surface area contributed by atoms with Crippen molar-refractivity contribution < 1.29 is 43.2 Å². The summed E-state index contributed by atoms with van der Waals surface area (Å²) < 4.78 is 27.4. The van der Waals surface area contributed by atoms with Crippen molar-refractivity contribution in [1.29, 1.82) is 0 Å². The van der Waals surface area contributed by atoms with Crippen LogP contribution in [-0.2, 0) is 36.8 Å². The van der Waals surface area contributed by atoms with E-state index in [0.717, 1.165) is 29.5 Å². The Morgan fingerprint density at radius 3 is 2.66 bits per heavy atom. The Bertz CT molecular complexity index is 1480. The number of amides is 3. The minimum Gasteiger partial charge on any atom is -0.454 e. The van der Waals surface area contributed by atoms with Crippen molar-refractivity contribution in [2.45, 2.75) is 88.8 Å². The van der Waals surface area contributed by atoms with E-state index in [-0.39, 0.29) is 37.5 Å². The van der Waals surface area contributed by atoms with E-state index in [1.165, 1.54) is 16.7 Å². The van der Waals surface area contributed by atoms with Crippen LogP contribution in [0.2, 0.25) is 0 Å². The molecule has 0 spiro atoms. The summed E-state index contributed by atoms with van der Waals surface area (Å²) >= 11 is 1.46. The number of carbonyl (C=O) groups excluding carboxylic acids is 3. The van der Waals surface area contributed by atoms with Crippen LogP contribution in [0.3, 0.4) is 0 Å². The number of fused-ring (bicyclic) bond motifs is 2. The van der Waals surface area contributed by atoms with Crippen molar-refractivity contribution in [3.63, 3.8) is 0 Å². The number of ether oxygens (including phenoxy) is 5. The second-order valence-corrected chi connectivity index (χ2v) is 14.7. The lowest BCUT2D eigenvalue weighted by Crippen LogP contribution is -2.58. The van der Waals surface area contributed by atoms with Gasteiger partial charge in [0.15, 0.2) is 23.9 Å². The van der Waals surface area contributed by atoms with Gasteiger partial charge in [-0.2, -0.15) is 0 Å². The third-order valence-electron chi connectivity index (χ3n) is 9.47. The molecule has 3 N–H and O–H groups in total. The molecule has 13 heteroatoms. The first-order valence-corrected chi connectivity index (χ1v) is 17.0. The molecule has 0 aromatic heterocycles. The number of benzene rings is 2. The molecule has 3 fully saturated rings. The SMILES string of the molecule is Cc1cccc(C)c1CNC(=O)[C@H]1N(C(=O)[C@@H](O)[C@H](Cc2ccc3c(c2)OCO3)NC(=O)O[C@@H]2CO[C@@H]3OCCC[C@@H]32)CSC1(C)C. The lowest BCUT2D eigenvalue weighted by Gasteiger charge is -2.33. The van der Waals surface area contributed by atoms with E-state index < -0.39 is 47.3 Å². The maximum Gasteiger partial charge on any atom is 0.407 e. The maximum atomic E-state index is 14.1. The fourth-order valence-electron chi connectivity index (χ4n) is 6.79. The van der Waals surface area contributed by atoms with Crippen molar-refractivity contribution in [3.8, 4) is 11.5 Å². The minimum atomic E-state index is -1.68. The Hall–Kier alpha value is -3.52. The van der Waals surface area contributed by atoms with Gasteiger partial charge in [-0.25, -0.2) is 4.79 Å². The van der Waals surface area contributed by atoms with Gasteiger partial charge in [-0.1, -0.05) is 24.3 Å². The summed E-state index contributed by atoms with van der Waals surface area (Å²) in [6.07, 6.45) is -1.65. The summed E-state index contributed by atoms with van der Waals surface area (Å²) in [5.74, 6) is 0.272. The molecule has 12 nitrogen and oxygen atoms in total. The van der Waals surface area contributed by atoms with Crippen molar-refractivity contribution in [2.24, 2.45) is 5.92 Å². The lowest BCUT2D eigenvalue weighted by atomic mass is 9.96. The molecule has 0 aliphatic carbocycles. The Morgan fingerprint density at radius 2 is 1.87 bits per heavy atom. The predicted molar refractivity (Wildman–Crippen MR) is 173 cm³/mol. The molecule has 4 heterocycles. The summed E-state index contributed by atoms with van der Waals surface area (Å²) in [6.45, 7) is 9.02. The zero-order valence-electron chi connectivity index (χ0n) is 27.2. The number of rotatable bonds is 9. The molecule has 0 unspecified atom stereocenters. The quantitative estimate of drug-likeness (QED) is 0.364. The molecule has 3 saturated heterocycles. The number of aryl methyl sites for hydroxylation is 2. The topological polar surface area (TPSA) is 145 Å². The molecule has 3 amide bonds. The second kappa shape index (κ2) is 13.9. The van der Waals surface area contributed by atoms with Gasteiger partial charge in [0.1, 0.15) is 12.1 Å². The summed E-state index contributed by atoms with van der Waals surface area (Å²) in [4.78, 5) is 42.5. The summed E-state index contributed by atoms with van der Waals surface area (Å²) in [5.41, 5.74) is 3.85. The number of alkyl carbamates (subject to hydrolysis) is 1. The van der Waals surface area contributed by atoms with Crippen LogP contribution in [0.15, 0.2) is 36.4 Å². The summed E-state index contributed by atoms with van der Waals surface area (Å²) in [6, 6.07) is 9.33. The molecule has 0 radical (unpaired) electrons. The summed E-state index contributed by atoms with van der Waals surface area (Å²) in [7, 11) is 0. The van der Waals surface area contributed by atoms with Crippen LogP contribution < -0.4 is 20.1 Å². The van der Waals surface area contributed by atoms with Gasteiger partial charge in [-0.3, -0.25) is 9.59 Å². The average molecular weight is 670 g/mol. The van der Waals surface area contributed by atoms with Crippen molar-refractivity contribution in [2.75, 3.05) is 25.9 Å². The fraction of sp³-hybridized carbons (Fsp3) is 0.559. The van der Waals surface area contributed by atoms with Crippen LogP contribution in [-0.4, -0.2) is 89.1 Å². The molecule has 254 valence electrons. The molecule has 2 aromatic carbocycles. The number of hydrogen-bond donors (Lipinski definition) is 3. The monoisotopic (exact) mass is 669 g/mol. The van der Waals surface area contributed by atoms with Crippen molar-refractivity contribution in [1.82, 2.24) is 15.5 Å². The average Bonchev–Trinajstić information content (AvgIpc) is 3.76. The first-order valence-electron chi connectivity index (χ1n) is 16.1. The number of aliphatic hydroxyl groups is 1. The van der Waals surface area contributed by atoms with E-state index in [1.807, 2.05) is 45.9 Å². The van der Waals surface area contributed by atoms with Gasteiger partial charge in [0, 0.05) is 23.8 Å². The van der Waals surface area contributed by atoms with E-state index in [9.17, 15) is 19.5 Å². The smallest absolute Gasteiger partial charge is 0.407 e. The third kappa shape index (κ3) is 7.18. The normalized spacial score (nSPS) is 25.5. The predicted octanol–water partition coefficient (Wildman–Crippen LogP) is 3.18. The second-order valence-electron chi connectivity index (χ2n) is 13.1. The molecule has 2 aromatic rings. The highest BCUT2D eigenvalue weighted by Crippen LogP contribution is 2.40. The van der Waals surface area contributed by atoms with Gasteiger partial charge in [-0.05, 0) is 81.3 Å². The number of hydrogen-bond acceptors (Lipinski definition) is 10. The number of nitrogens with zero attached hydrogens (tertiary/aromatic N) is 1. The molecule has 0 bridgehead atoms. The number of carbonyl (C=O) groups is 3. The van der Waals surface area contributed by atoms with Crippen LogP contribution in [0.5, 0.6) is 11.5 Å². The largest absolute Gasteiger partial charge is 0.454 e. The van der Waals surface area contributed by atoms with E-state index in [4.69, 9.17) is 23.7 Å². The van der Waals surface area contributed by atoms with Crippen LogP contribution in [0.4, 0.5) is 4.79 Å². The van der Waals surface area contributed by atoms with E-state index in [2.05, 4.69) is 10.6 Å². The van der Waals surface area contributed by atoms with Crippen LogP contribution >= 0.6 is 11.8 Å². The number of thioether (sulfide) groups is 1. The van der Waals surface area contributed by atoms with Gasteiger partial charge >= 0.3 is 6.09 Å². The van der Waals surface area contributed by atoms with Gasteiger partial charge in [0.05, 0.1) is 18.5 Å². The summed E-state index contributed by atoms with van der Waals surface area (Å²) in [5, 5.41) is 17.4. The highest BCUT2D eigenvalue weighted by molar-refractivity contribution is 8.00. The highest BCUT2D eigenvalue weighted by atomic mass is 32.2. The van der Waals surface area contributed by atoms with Gasteiger partial charge in [-0.15, -0.1) is 11.8 Å². The molecule has 4 aliphatic heterocycles. The zero-order chi connectivity index (χ0) is 33.3. The van der Waals surface area contributed by atoms with Crippen LogP contribution in [0.25, 0.3) is 0 Å². The lowest BCUT2D eigenvalue weighted by molar-refractivity contribution is -0.152. The number of nitrogens with one attached hydrogen (secondary N) is 2. The minimum absolute atomic E-state index is 0.0834. The zero-order valence-corrected chi connectivity index (χ0v) is 28.0. The van der Waals surface area contributed by atoms with Gasteiger partial charge in [0.2, 0.25) is 12.7 Å². The van der Waals surface area contributed by atoms with E-state index in [1.54, 1.807) is 18.2 Å². The Labute approximate surface area is 278 Å². The van der Waals surface area contributed by atoms with Crippen LogP contribution in [0.1, 0.15) is 48.9 Å². The highest BCUT2D eigenvalue weighted by Gasteiger charge is 2.50. The van der Waals surface area contributed by atoms with Crippen molar-refractivity contribution >= 4 is 29.7 Å². The number of aliphatic hydroxyl groups excluding tert-OH is 1. The Morgan fingerprint density at radius 1 is 1.11 bits per heavy atom. The molecular formula is C34H43N3O9S. The van der Waals surface area contributed by atoms with Crippen molar-refractivity contribution in [3.05, 3.63) is 58.7 Å². The standard InChI is InChI=1S/C34H43N3O9S/c1-19-7-5-8-20(2)23(19)15-35-30(39)29-34(3,4)47-17-37(29)31(40)28(38)24(13-21-10-11-25-26(14-21)45-18-44-25)36-33(41)46-27-16-43-32-22(27)9-6-12-42-32/h5,7-8,10-11,14,22,24,27-29,32,38H,6,9,12-13,15-18H2,1-4H3,(H,35,39)(H,36,41)/t22-,24+,27-,28+,29-,32+/m1/s1. The molecule has 6 atom stereocenters. The molecule has 6 rings (SSSR count). The molecule has 47 heavy (non-hydrogen) atoms. The third-order valence-corrected chi connectivity index (χ3v) is 10.8. The fourth-order valence-corrected chi connectivity index (χ4v) is 7.93. The molecular weight excluding hydrogens is 626 g/mol. The van der Waals surface area contributed by atoms with E-state index in [0.29, 0.717) is 30.2 Å². The Balaban J connectivity index is 1.18. The van der Waals surface area contributed by atoms with Gasteiger partial charge < -0.3 is 44.3 Å². The Kier molecular flexibility index (Phi) is 9.88. The first kappa shape index (κ1) is 33.4. The van der Waals surface area contributed by atoms with Crippen LogP contribution in [0, 0.1) is 19.8 Å². The molecule has 4 aliphatic rings. The van der Waals surface area contributed by atoms with E-state index >= 15 is 0 Å². The first-order chi connectivity index (χ1) is 22.5.